The van der Waals surface area contributed by atoms with Crippen LogP contribution < -0.4 is 0 Å². The van der Waals surface area contributed by atoms with E-state index in [1.54, 1.807) is 4.90 Å². The van der Waals surface area contributed by atoms with Crippen molar-refractivity contribution in [3.63, 3.8) is 0 Å². The zero-order valence-corrected chi connectivity index (χ0v) is 13.1. The van der Waals surface area contributed by atoms with Crippen molar-refractivity contribution >= 4 is 5.91 Å². The summed E-state index contributed by atoms with van der Waals surface area (Å²) in [5.74, 6) is -10.2. The molecule has 0 N–H and O–H groups in total. The van der Waals surface area contributed by atoms with Gasteiger partial charge < -0.3 is 4.90 Å². The van der Waals surface area contributed by atoms with E-state index in [4.69, 9.17) is 0 Å². The summed E-state index contributed by atoms with van der Waals surface area (Å²) in [5, 5.41) is 0. The normalized spacial score (nSPS) is 12.5. The zero-order valence-electron chi connectivity index (χ0n) is 13.1. The van der Waals surface area contributed by atoms with E-state index in [0.717, 1.165) is 6.42 Å². The maximum Gasteiger partial charge on any atom is 0.369 e. The van der Waals surface area contributed by atoms with Gasteiger partial charge in [0.05, 0.1) is 0 Å². The molecule has 0 aliphatic rings. The summed E-state index contributed by atoms with van der Waals surface area (Å²) < 4.78 is 75.3. The summed E-state index contributed by atoms with van der Waals surface area (Å²) in [7, 11) is 0. The molecule has 0 rings (SSSR count). The predicted octanol–water partition coefficient (Wildman–Crippen LogP) is 4.90. The number of amides is 1. The molecule has 1 amide bonds. The van der Waals surface area contributed by atoms with Crippen LogP contribution in [0.2, 0.25) is 0 Å². The van der Waals surface area contributed by atoms with Crippen LogP contribution in [0.4, 0.5) is 26.3 Å². The van der Waals surface area contributed by atoms with Gasteiger partial charge in [-0.15, -0.1) is 0 Å². The predicted molar refractivity (Wildman–Crippen MR) is 76.1 cm³/mol. The summed E-state index contributed by atoms with van der Waals surface area (Å²) in [6.45, 7) is 6.24. The van der Waals surface area contributed by atoms with Gasteiger partial charge in [-0.05, 0) is 25.3 Å². The first kappa shape index (κ1) is 21.8. The van der Waals surface area contributed by atoms with Gasteiger partial charge in [0.25, 0.3) is 0 Å². The number of unbranched alkanes of at least 4 members (excludes halogenated alkanes) is 3. The van der Waals surface area contributed by atoms with Gasteiger partial charge in [-0.1, -0.05) is 26.3 Å². The molecular weight excluding hydrogens is 324 g/mol. The summed E-state index contributed by atoms with van der Waals surface area (Å²) >= 11 is 0. The number of carbonyl (C=O) groups excluding carboxylic acids is 1. The average molecular weight is 347 g/mol. The van der Waals surface area contributed by atoms with Crippen LogP contribution in [0, 0.1) is 0 Å². The number of rotatable bonds is 12. The van der Waals surface area contributed by atoms with E-state index >= 15 is 0 Å². The highest BCUT2D eigenvalue weighted by Gasteiger charge is 2.61. The lowest BCUT2D eigenvalue weighted by Gasteiger charge is -2.25. The average Bonchev–Trinajstić information content (AvgIpc) is 2.48. The minimum absolute atomic E-state index is 0.206. The molecule has 0 radical (unpaired) electrons. The van der Waals surface area contributed by atoms with E-state index in [9.17, 15) is 31.1 Å². The highest BCUT2D eigenvalue weighted by atomic mass is 19.3. The maximum absolute atomic E-state index is 13.0. The Hall–Kier alpha value is -1.21. The van der Waals surface area contributed by atoms with Crippen LogP contribution in [-0.4, -0.2) is 42.2 Å². The van der Waals surface area contributed by atoms with Crippen molar-refractivity contribution < 1.29 is 31.1 Å². The second-order valence-electron chi connectivity index (χ2n) is 5.32. The van der Waals surface area contributed by atoms with Crippen LogP contribution in [0.1, 0.15) is 45.4 Å². The van der Waals surface area contributed by atoms with Crippen molar-refractivity contribution in [2.45, 2.75) is 63.7 Å². The maximum atomic E-state index is 13.0. The van der Waals surface area contributed by atoms with Crippen molar-refractivity contribution in [1.29, 1.82) is 0 Å². The minimum atomic E-state index is -5.30. The number of alkyl halides is 6. The Morgan fingerprint density at radius 3 is 2.13 bits per heavy atom. The lowest BCUT2D eigenvalue weighted by molar-refractivity contribution is -0.266. The fourth-order valence-corrected chi connectivity index (χ4v) is 2.06. The minimum Gasteiger partial charge on any atom is -0.339 e. The number of carbonyl (C=O) groups is 1. The van der Waals surface area contributed by atoms with Crippen molar-refractivity contribution in [3.05, 3.63) is 12.7 Å². The molecular formula is C15H23F6NO. The van der Waals surface area contributed by atoms with Crippen LogP contribution >= 0.6 is 0 Å². The molecule has 0 aromatic rings. The molecule has 0 fully saturated rings. The topological polar surface area (TPSA) is 20.3 Å². The molecule has 0 saturated carbocycles. The Kier molecular flexibility index (Phi) is 9.31. The van der Waals surface area contributed by atoms with Crippen LogP contribution in [0.25, 0.3) is 0 Å². The van der Waals surface area contributed by atoms with Crippen LogP contribution in [0.3, 0.4) is 0 Å². The molecule has 136 valence electrons. The number of hydrogen-bond acceptors (Lipinski definition) is 1. The monoisotopic (exact) mass is 347 g/mol. The Morgan fingerprint density at radius 2 is 1.65 bits per heavy atom. The molecule has 0 aromatic carbocycles. The van der Waals surface area contributed by atoms with Crippen LogP contribution in [0.15, 0.2) is 12.7 Å². The Bertz CT molecular complexity index is 373. The van der Waals surface area contributed by atoms with Gasteiger partial charge in [0.15, 0.2) is 0 Å². The van der Waals surface area contributed by atoms with Crippen LogP contribution in [0.5, 0.6) is 0 Å². The molecule has 0 aliphatic carbocycles. The quantitative estimate of drug-likeness (QED) is 0.279. The Balaban J connectivity index is 4.09. The lowest BCUT2D eigenvalue weighted by atomic mass is 10.0. The highest BCUT2D eigenvalue weighted by Crippen LogP contribution is 2.42. The fraction of sp³-hybridized carbons (Fsp3) is 0.800. The molecule has 0 bridgehead atoms. The molecule has 0 aliphatic heterocycles. The summed E-state index contributed by atoms with van der Waals surface area (Å²) in [6, 6.07) is 0. The van der Waals surface area contributed by atoms with E-state index in [0.29, 0.717) is 25.9 Å². The van der Waals surface area contributed by atoms with E-state index < -0.39 is 24.7 Å². The summed E-state index contributed by atoms with van der Waals surface area (Å²) in [6.07, 6.45) is -2.83. The van der Waals surface area contributed by atoms with E-state index in [-0.39, 0.29) is 18.7 Å². The van der Waals surface area contributed by atoms with Gasteiger partial charge in [0.1, 0.15) is 0 Å². The number of hydrogen-bond donors (Lipinski definition) is 0. The third-order valence-electron chi connectivity index (χ3n) is 3.41. The van der Waals surface area contributed by atoms with E-state index in [1.165, 1.54) is 6.08 Å². The summed E-state index contributed by atoms with van der Waals surface area (Å²) in [4.78, 5) is 13.0. The smallest absolute Gasteiger partial charge is 0.339 e. The molecule has 0 heterocycles. The van der Waals surface area contributed by atoms with Crippen molar-refractivity contribution in [1.82, 2.24) is 4.90 Å². The first-order valence-corrected chi connectivity index (χ1v) is 7.55. The zero-order chi connectivity index (χ0) is 18.1. The SMILES string of the molecule is C=CC(=O)N(CCC)CCCCCCC(F)(F)C(F)(F)C(F)F. The Morgan fingerprint density at radius 1 is 1.09 bits per heavy atom. The van der Waals surface area contributed by atoms with E-state index in [1.807, 2.05) is 6.92 Å². The highest BCUT2D eigenvalue weighted by molar-refractivity contribution is 5.86. The summed E-state index contributed by atoms with van der Waals surface area (Å²) in [5.41, 5.74) is 0. The second kappa shape index (κ2) is 9.82. The molecule has 0 saturated heterocycles. The first-order valence-electron chi connectivity index (χ1n) is 7.55. The van der Waals surface area contributed by atoms with Gasteiger partial charge in [0.2, 0.25) is 5.91 Å². The molecule has 0 spiro atoms. The van der Waals surface area contributed by atoms with Crippen molar-refractivity contribution in [2.24, 2.45) is 0 Å². The van der Waals surface area contributed by atoms with Crippen molar-refractivity contribution in [3.8, 4) is 0 Å². The Labute approximate surface area is 132 Å². The van der Waals surface area contributed by atoms with Gasteiger partial charge >= 0.3 is 18.3 Å². The fourth-order valence-electron chi connectivity index (χ4n) is 2.06. The third kappa shape index (κ3) is 6.83. The molecule has 0 aromatic heterocycles. The van der Waals surface area contributed by atoms with Crippen molar-refractivity contribution in [2.75, 3.05) is 13.1 Å². The van der Waals surface area contributed by atoms with E-state index in [2.05, 4.69) is 6.58 Å². The molecule has 0 unspecified atom stereocenters. The van der Waals surface area contributed by atoms with Gasteiger partial charge in [-0.3, -0.25) is 4.79 Å². The van der Waals surface area contributed by atoms with Crippen LogP contribution in [-0.2, 0) is 4.79 Å². The van der Waals surface area contributed by atoms with Gasteiger partial charge in [0, 0.05) is 19.5 Å². The number of halogens is 6. The molecule has 23 heavy (non-hydrogen) atoms. The number of nitrogens with zero attached hydrogens (tertiary/aromatic N) is 1. The molecule has 2 nitrogen and oxygen atoms in total. The standard InChI is InChI=1S/C15H23F6NO/c1-3-10-22(12(23)4-2)11-8-6-5-7-9-14(18,19)15(20,21)13(16)17/h4,13H,2-3,5-11H2,1H3. The molecule has 8 heteroatoms. The second-order valence-corrected chi connectivity index (χ2v) is 5.32. The largest absolute Gasteiger partial charge is 0.369 e. The molecule has 0 atom stereocenters. The van der Waals surface area contributed by atoms with Gasteiger partial charge in [-0.25, -0.2) is 8.78 Å². The third-order valence-corrected chi connectivity index (χ3v) is 3.41. The lowest BCUT2D eigenvalue weighted by Crippen LogP contribution is -2.46. The first-order chi connectivity index (χ1) is 10.6. The van der Waals surface area contributed by atoms with Gasteiger partial charge in [-0.2, -0.15) is 17.6 Å².